The molecule has 0 spiro atoms. The maximum atomic E-state index is 6.27. The van der Waals surface area contributed by atoms with E-state index in [1.165, 1.54) is 19.9 Å². The van der Waals surface area contributed by atoms with Crippen LogP contribution in [0, 0.1) is 0 Å². The molecule has 5 heteroatoms. The predicted octanol–water partition coefficient (Wildman–Crippen LogP) is -1.13. The minimum absolute atomic E-state index is 0. The second-order valence-corrected chi connectivity index (χ2v) is 7.38. The van der Waals surface area contributed by atoms with E-state index in [1.807, 2.05) is 11.8 Å². The van der Waals surface area contributed by atoms with E-state index in [-0.39, 0.29) is 29.7 Å². The number of hydrogen-bond donors (Lipinski definition) is 0. The van der Waals surface area contributed by atoms with Gasteiger partial charge in [0.15, 0.2) is 0 Å². The van der Waals surface area contributed by atoms with Gasteiger partial charge < -0.3 is 24.8 Å². The fourth-order valence-electron chi connectivity index (χ4n) is 2.32. The summed E-state index contributed by atoms with van der Waals surface area (Å²) < 4.78 is 7.73. The van der Waals surface area contributed by atoms with Crippen molar-refractivity contribution in [2.75, 3.05) is 6.61 Å². The number of allylic oxidation sites excluding steroid dienone is 5. The van der Waals surface area contributed by atoms with Gasteiger partial charge in [-0.05, 0) is 0 Å². The number of hydrogen-bond acceptors (Lipinski definition) is 2. The average Bonchev–Trinajstić information content (AvgIpc) is 2.77. The van der Waals surface area contributed by atoms with Crippen LogP contribution in [0.1, 0.15) is 40.0 Å². The molecule has 21 heavy (non-hydrogen) atoms. The van der Waals surface area contributed by atoms with Gasteiger partial charge in [0, 0.05) is 0 Å². The molecule has 1 nitrogen and oxygen atoms in total. The quantitative estimate of drug-likeness (QED) is 0.441. The van der Waals surface area contributed by atoms with Crippen molar-refractivity contribution in [2.45, 2.75) is 45.0 Å². The van der Waals surface area contributed by atoms with Crippen LogP contribution >= 0.6 is 11.8 Å². The molecule has 0 bridgehead atoms. The monoisotopic (exact) mass is 379 g/mol. The molecule has 0 aromatic heterocycles. The van der Waals surface area contributed by atoms with Crippen LogP contribution in [-0.4, -0.2) is 11.5 Å². The zero-order chi connectivity index (χ0) is 13.9. The van der Waals surface area contributed by atoms with Crippen LogP contribution in [0.4, 0.5) is 0 Å². The third-order valence-corrected chi connectivity index (χ3v) is 6.00. The van der Waals surface area contributed by atoms with Gasteiger partial charge in [0.1, 0.15) is 0 Å². The zero-order valence-corrected chi connectivity index (χ0v) is 16.6. The molecular formula is C16H21Cl2OSTi. The van der Waals surface area contributed by atoms with Crippen molar-refractivity contribution < 1.29 is 50.0 Å². The maximum absolute atomic E-state index is 6.27. The van der Waals surface area contributed by atoms with Crippen LogP contribution in [0.2, 0.25) is 0 Å². The zero-order valence-electron chi connectivity index (χ0n) is 12.7. The largest absolute Gasteiger partial charge is 1.00 e. The van der Waals surface area contributed by atoms with Gasteiger partial charge in [0.25, 0.3) is 0 Å². The first kappa shape index (κ1) is 21.6. The first-order valence-electron chi connectivity index (χ1n) is 6.87. The minimum atomic E-state index is -0.194. The van der Waals surface area contributed by atoms with E-state index in [2.05, 4.69) is 65.5 Å². The Labute approximate surface area is 157 Å². The Kier molecular flexibility index (Phi) is 9.91. The SMILES string of the molecule is CCCOC1(SC2=[C]([Ti+2])CC=C2)CC=C(C)C=C1C.[Cl-].[Cl-]. The molecule has 0 aliphatic heterocycles. The number of thioether (sulfide) groups is 1. The van der Waals surface area contributed by atoms with Crippen LogP contribution in [0.3, 0.4) is 0 Å². The average molecular weight is 380 g/mol. The predicted molar refractivity (Wildman–Crippen MR) is 79.5 cm³/mol. The summed E-state index contributed by atoms with van der Waals surface area (Å²) in [6.07, 6.45) is 12.2. The Morgan fingerprint density at radius 1 is 1.33 bits per heavy atom. The van der Waals surface area contributed by atoms with Crippen molar-refractivity contribution in [3.05, 3.63) is 44.2 Å². The van der Waals surface area contributed by atoms with E-state index >= 15 is 0 Å². The number of rotatable bonds is 5. The molecule has 2 rings (SSSR count). The van der Waals surface area contributed by atoms with Crippen molar-refractivity contribution in [2.24, 2.45) is 0 Å². The molecule has 115 valence electrons. The second kappa shape index (κ2) is 9.65. The molecule has 0 saturated carbocycles. The van der Waals surface area contributed by atoms with E-state index in [9.17, 15) is 0 Å². The molecule has 0 amide bonds. The number of ether oxygens (including phenoxy) is 1. The van der Waals surface area contributed by atoms with Gasteiger partial charge in [0.05, 0.1) is 0 Å². The van der Waals surface area contributed by atoms with Crippen molar-refractivity contribution in [1.29, 1.82) is 0 Å². The molecule has 0 aromatic carbocycles. The second-order valence-electron chi connectivity index (χ2n) is 5.13. The van der Waals surface area contributed by atoms with Gasteiger partial charge >= 0.3 is 133 Å². The van der Waals surface area contributed by atoms with E-state index in [4.69, 9.17) is 4.74 Å². The van der Waals surface area contributed by atoms with Crippen molar-refractivity contribution in [3.63, 3.8) is 0 Å². The van der Waals surface area contributed by atoms with Gasteiger partial charge in [0.2, 0.25) is 0 Å². The molecule has 2 aliphatic rings. The Balaban J connectivity index is 0.00000200. The number of halogens is 2. The Bertz CT molecular complexity index is 483. The van der Waals surface area contributed by atoms with Crippen molar-refractivity contribution in [3.8, 4) is 0 Å². The molecule has 0 N–H and O–H groups in total. The molecule has 0 saturated heterocycles. The van der Waals surface area contributed by atoms with E-state index in [0.717, 1.165) is 25.9 Å². The Morgan fingerprint density at radius 2 is 2.05 bits per heavy atom. The van der Waals surface area contributed by atoms with Crippen molar-refractivity contribution >= 4 is 11.8 Å². The topological polar surface area (TPSA) is 9.23 Å². The summed E-state index contributed by atoms with van der Waals surface area (Å²) in [7, 11) is 0. The summed E-state index contributed by atoms with van der Waals surface area (Å²) in [5, 5.41) is 0. The Morgan fingerprint density at radius 3 is 2.57 bits per heavy atom. The van der Waals surface area contributed by atoms with Crippen LogP contribution in [0.5, 0.6) is 0 Å². The van der Waals surface area contributed by atoms with Gasteiger partial charge in [-0.2, -0.15) is 0 Å². The van der Waals surface area contributed by atoms with Crippen molar-refractivity contribution in [1.82, 2.24) is 0 Å². The molecule has 0 radical (unpaired) electrons. The maximum Gasteiger partial charge on any atom is -1.00 e. The minimum Gasteiger partial charge on any atom is -1.00 e. The molecular weight excluding hydrogens is 359 g/mol. The molecule has 1 atom stereocenters. The third-order valence-electron chi connectivity index (χ3n) is 3.44. The smallest absolute Gasteiger partial charge is 1.00 e. The normalized spacial score (nSPS) is 24.2. The summed E-state index contributed by atoms with van der Waals surface area (Å²) in [4.78, 5) is 1.19. The third kappa shape index (κ3) is 5.30. The summed E-state index contributed by atoms with van der Waals surface area (Å²) >= 11 is 4.11. The summed E-state index contributed by atoms with van der Waals surface area (Å²) in [5.74, 6) is 0. The van der Waals surface area contributed by atoms with Crippen LogP contribution in [0.15, 0.2) is 44.2 Å². The van der Waals surface area contributed by atoms with Crippen LogP contribution in [0.25, 0.3) is 0 Å². The van der Waals surface area contributed by atoms with Gasteiger partial charge in [-0.25, -0.2) is 0 Å². The van der Waals surface area contributed by atoms with Gasteiger partial charge in [-0.3, -0.25) is 0 Å². The molecule has 0 fully saturated rings. The molecule has 0 heterocycles. The van der Waals surface area contributed by atoms with Crippen LogP contribution < -0.4 is 24.8 Å². The molecule has 2 aliphatic carbocycles. The van der Waals surface area contributed by atoms with Gasteiger partial charge in [-0.15, -0.1) is 0 Å². The van der Waals surface area contributed by atoms with Crippen LogP contribution in [-0.2, 0) is 25.2 Å². The summed E-state index contributed by atoms with van der Waals surface area (Å²) in [6.45, 7) is 7.36. The first-order valence-corrected chi connectivity index (χ1v) is 8.47. The molecule has 1 unspecified atom stereocenters. The Hall–Kier alpha value is 0.564. The summed E-state index contributed by atoms with van der Waals surface area (Å²) in [6, 6.07) is 0. The van der Waals surface area contributed by atoms with E-state index in [0.29, 0.717) is 0 Å². The fourth-order valence-corrected chi connectivity index (χ4v) is 4.12. The van der Waals surface area contributed by atoms with Gasteiger partial charge in [-0.1, -0.05) is 0 Å². The first-order chi connectivity index (χ1) is 9.07. The fraction of sp³-hybridized carbons (Fsp3) is 0.500. The summed E-state index contributed by atoms with van der Waals surface area (Å²) in [5.41, 5.74) is 2.69. The molecule has 0 aromatic rings. The van der Waals surface area contributed by atoms with E-state index in [1.54, 1.807) is 0 Å². The standard InChI is InChI=1S/C16H21OS.2ClH.Ti/c1-4-11-17-16(18-15-7-5-6-8-15)10-9-13(2)12-14(16)3;;;/h5,7,9,12H,4,6,10-11H2,1-3H3;2*1H;/q;;;+2/p-2. The van der Waals surface area contributed by atoms with E-state index < -0.39 is 0 Å².